The predicted octanol–water partition coefficient (Wildman–Crippen LogP) is 3.39. The number of nitrogens with one attached hydrogen (secondary N) is 1. The highest BCUT2D eigenvalue weighted by Gasteiger charge is 1.91. The van der Waals surface area contributed by atoms with Gasteiger partial charge in [-0.1, -0.05) is 48.6 Å². The lowest BCUT2D eigenvalue weighted by atomic mass is 10.1. The Kier molecular flexibility index (Phi) is 4.15. The lowest BCUT2D eigenvalue weighted by Crippen LogP contribution is -1.86. The zero-order valence-electron chi connectivity index (χ0n) is 10.4. The first-order valence-corrected chi connectivity index (χ1v) is 5.97. The Labute approximate surface area is 108 Å². The molecule has 2 aromatic rings. The fourth-order valence-electron chi connectivity index (χ4n) is 1.69. The molecule has 2 N–H and O–H groups in total. The second-order valence-electron chi connectivity index (χ2n) is 4.11. The van der Waals surface area contributed by atoms with E-state index in [1.54, 1.807) is 0 Å². The Morgan fingerprint density at radius 2 is 1.39 bits per heavy atom. The Morgan fingerprint density at radius 3 is 1.83 bits per heavy atom. The van der Waals surface area contributed by atoms with E-state index < -0.39 is 0 Å². The van der Waals surface area contributed by atoms with Gasteiger partial charge in [-0.25, -0.2) is 0 Å². The molecule has 0 aromatic heterocycles. The van der Waals surface area contributed by atoms with E-state index in [1.807, 2.05) is 31.3 Å². The summed E-state index contributed by atoms with van der Waals surface area (Å²) in [6.45, 7) is 0.0927. The molecular formula is C16H17NO. The van der Waals surface area contributed by atoms with Crippen LogP contribution in [-0.2, 0) is 6.61 Å². The molecule has 2 heteroatoms. The highest BCUT2D eigenvalue weighted by atomic mass is 16.3. The molecule has 0 unspecified atom stereocenters. The molecule has 0 saturated heterocycles. The average Bonchev–Trinajstić information content (AvgIpc) is 2.46. The number of hydrogen-bond donors (Lipinski definition) is 2. The van der Waals surface area contributed by atoms with E-state index >= 15 is 0 Å². The minimum Gasteiger partial charge on any atom is -0.392 e. The summed E-state index contributed by atoms with van der Waals surface area (Å²) >= 11 is 0. The first-order valence-electron chi connectivity index (χ1n) is 5.97. The number of aliphatic hydroxyl groups excluding tert-OH is 1. The molecule has 0 heterocycles. The van der Waals surface area contributed by atoms with Crippen LogP contribution in [0.25, 0.3) is 12.2 Å². The van der Waals surface area contributed by atoms with Crippen molar-refractivity contribution in [3.63, 3.8) is 0 Å². The maximum atomic E-state index is 8.96. The molecule has 92 valence electrons. The first kappa shape index (κ1) is 12.4. The third-order valence-electron chi connectivity index (χ3n) is 2.83. The fraction of sp³-hybridized carbons (Fsp3) is 0.125. The van der Waals surface area contributed by atoms with Crippen LogP contribution in [-0.4, -0.2) is 12.2 Å². The smallest absolute Gasteiger partial charge is 0.0681 e. The quantitative estimate of drug-likeness (QED) is 0.801. The van der Waals surface area contributed by atoms with Crippen molar-refractivity contribution in [1.82, 2.24) is 0 Å². The van der Waals surface area contributed by atoms with Gasteiger partial charge in [0.05, 0.1) is 6.61 Å². The summed E-state index contributed by atoms with van der Waals surface area (Å²) in [5, 5.41) is 12.1. The SMILES string of the molecule is CNc1ccc(/C=C/c2ccc(CO)cc2)cc1. The Bertz CT molecular complexity index is 462. The highest BCUT2D eigenvalue weighted by Crippen LogP contribution is 2.12. The normalized spacial score (nSPS) is 10.8. The largest absolute Gasteiger partial charge is 0.392 e. The molecule has 0 atom stereocenters. The second-order valence-corrected chi connectivity index (χ2v) is 4.11. The first-order chi connectivity index (χ1) is 8.81. The lowest BCUT2D eigenvalue weighted by molar-refractivity contribution is 0.282. The molecule has 0 fully saturated rings. The highest BCUT2D eigenvalue weighted by molar-refractivity contribution is 5.70. The monoisotopic (exact) mass is 239 g/mol. The van der Waals surface area contributed by atoms with Crippen LogP contribution in [0.5, 0.6) is 0 Å². The van der Waals surface area contributed by atoms with E-state index in [1.165, 1.54) is 5.56 Å². The van der Waals surface area contributed by atoms with Gasteiger partial charge in [-0.15, -0.1) is 0 Å². The van der Waals surface area contributed by atoms with Crippen molar-refractivity contribution in [3.05, 3.63) is 65.2 Å². The molecule has 0 spiro atoms. The van der Waals surface area contributed by atoms with E-state index in [2.05, 4.69) is 41.7 Å². The van der Waals surface area contributed by atoms with Crippen molar-refractivity contribution in [2.24, 2.45) is 0 Å². The van der Waals surface area contributed by atoms with Gasteiger partial charge in [0.2, 0.25) is 0 Å². The van der Waals surface area contributed by atoms with Crippen molar-refractivity contribution in [2.45, 2.75) is 6.61 Å². The van der Waals surface area contributed by atoms with Crippen LogP contribution in [0, 0.1) is 0 Å². The molecule has 18 heavy (non-hydrogen) atoms. The van der Waals surface area contributed by atoms with E-state index in [9.17, 15) is 0 Å². The summed E-state index contributed by atoms with van der Waals surface area (Å²) in [5.74, 6) is 0. The maximum Gasteiger partial charge on any atom is 0.0681 e. The van der Waals surface area contributed by atoms with Crippen molar-refractivity contribution in [2.75, 3.05) is 12.4 Å². The molecule has 2 nitrogen and oxygen atoms in total. The van der Waals surface area contributed by atoms with Gasteiger partial charge in [0.25, 0.3) is 0 Å². The van der Waals surface area contributed by atoms with Crippen LogP contribution in [0.15, 0.2) is 48.5 Å². The minimum absolute atomic E-state index is 0.0927. The molecule has 0 saturated carbocycles. The standard InChI is InChI=1S/C16H17NO/c1-17-16-10-8-14(9-11-16)3-2-13-4-6-15(12-18)7-5-13/h2-11,17-18H,12H2,1H3/b3-2+. The molecule has 2 aromatic carbocycles. The molecule has 0 aliphatic rings. The third kappa shape index (κ3) is 3.22. The third-order valence-corrected chi connectivity index (χ3v) is 2.83. The zero-order valence-corrected chi connectivity index (χ0v) is 10.4. The Balaban J connectivity index is 2.08. The topological polar surface area (TPSA) is 32.3 Å². The molecule has 2 rings (SSSR count). The number of anilines is 1. The van der Waals surface area contributed by atoms with Crippen molar-refractivity contribution in [1.29, 1.82) is 0 Å². The maximum absolute atomic E-state index is 8.96. The number of benzene rings is 2. The van der Waals surface area contributed by atoms with Gasteiger partial charge in [-0.2, -0.15) is 0 Å². The second kappa shape index (κ2) is 6.03. The van der Waals surface area contributed by atoms with E-state index in [-0.39, 0.29) is 6.61 Å². The van der Waals surface area contributed by atoms with Crippen LogP contribution in [0.3, 0.4) is 0 Å². The predicted molar refractivity (Wildman–Crippen MR) is 77.3 cm³/mol. The number of hydrogen-bond acceptors (Lipinski definition) is 2. The van der Waals surface area contributed by atoms with Gasteiger partial charge >= 0.3 is 0 Å². The molecule has 0 bridgehead atoms. The van der Waals surface area contributed by atoms with E-state index in [0.29, 0.717) is 0 Å². The Hall–Kier alpha value is -2.06. The number of aliphatic hydroxyl groups is 1. The summed E-state index contributed by atoms with van der Waals surface area (Å²) in [4.78, 5) is 0. The fourth-order valence-corrected chi connectivity index (χ4v) is 1.69. The summed E-state index contributed by atoms with van der Waals surface area (Å²) in [7, 11) is 1.91. The summed E-state index contributed by atoms with van der Waals surface area (Å²) < 4.78 is 0. The number of rotatable bonds is 4. The summed E-state index contributed by atoms with van der Waals surface area (Å²) in [5.41, 5.74) is 4.34. The van der Waals surface area contributed by atoms with E-state index in [0.717, 1.165) is 16.8 Å². The van der Waals surface area contributed by atoms with Gasteiger partial charge in [0.1, 0.15) is 0 Å². The van der Waals surface area contributed by atoms with E-state index in [4.69, 9.17) is 5.11 Å². The van der Waals surface area contributed by atoms with Gasteiger partial charge < -0.3 is 10.4 Å². The lowest BCUT2D eigenvalue weighted by Gasteiger charge is -2.00. The van der Waals surface area contributed by atoms with Crippen LogP contribution in [0.1, 0.15) is 16.7 Å². The van der Waals surface area contributed by atoms with Crippen molar-refractivity contribution >= 4 is 17.8 Å². The van der Waals surface area contributed by atoms with Crippen LogP contribution >= 0.6 is 0 Å². The molecule has 0 radical (unpaired) electrons. The minimum atomic E-state index is 0.0927. The van der Waals surface area contributed by atoms with Crippen LogP contribution in [0.2, 0.25) is 0 Å². The van der Waals surface area contributed by atoms with Crippen molar-refractivity contribution < 1.29 is 5.11 Å². The van der Waals surface area contributed by atoms with Crippen molar-refractivity contribution in [3.8, 4) is 0 Å². The molecule has 0 aliphatic carbocycles. The Morgan fingerprint density at radius 1 is 0.889 bits per heavy atom. The summed E-state index contributed by atoms with van der Waals surface area (Å²) in [6, 6.07) is 16.1. The summed E-state index contributed by atoms with van der Waals surface area (Å²) in [6.07, 6.45) is 4.14. The zero-order chi connectivity index (χ0) is 12.8. The van der Waals surface area contributed by atoms with Gasteiger partial charge in [0, 0.05) is 12.7 Å². The van der Waals surface area contributed by atoms with Gasteiger partial charge in [-0.3, -0.25) is 0 Å². The molecule has 0 aliphatic heterocycles. The van der Waals surface area contributed by atoms with Gasteiger partial charge in [-0.05, 0) is 28.8 Å². The van der Waals surface area contributed by atoms with Gasteiger partial charge in [0.15, 0.2) is 0 Å². The molecular weight excluding hydrogens is 222 g/mol. The van der Waals surface area contributed by atoms with Crippen LogP contribution in [0.4, 0.5) is 5.69 Å². The molecule has 0 amide bonds. The average molecular weight is 239 g/mol. The van der Waals surface area contributed by atoms with Crippen LogP contribution < -0.4 is 5.32 Å².